The van der Waals surface area contributed by atoms with Crippen molar-refractivity contribution in [2.45, 2.75) is 119 Å². The average molecular weight is 643 g/mol. The second-order valence-corrected chi connectivity index (χ2v) is 13.9. The number of rotatable bonds is 15. The molecule has 0 bridgehead atoms. The van der Waals surface area contributed by atoms with Crippen LogP contribution < -0.4 is 10.6 Å². The predicted octanol–water partition coefficient (Wildman–Crippen LogP) is 12.5. The van der Waals surface area contributed by atoms with Crippen LogP contribution in [-0.2, 0) is 18.5 Å². The van der Waals surface area contributed by atoms with Crippen LogP contribution >= 0.6 is 0 Å². The van der Waals surface area contributed by atoms with E-state index in [0.29, 0.717) is 5.56 Å². The Morgan fingerprint density at radius 3 is 2.40 bits per heavy atom. The molecule has 0 aromatic heterocycles. The number of halogens is 2. The number of unbranched alkanes of at least 4 members (excludes halogenated alkanes) is 1. The fourth-order valence-corrected chi connectivity index (χ4v) is 6.66. The lowest BCUT2D eigenvalue weighted by atomic mass is 9.79. The Morgan fingerprint density at radius 1 is 1.06 bits per heavy atom. The van der Waals surface area contributed by atoms with Crippen LogP contribution in [-0.4, -0.2) is 6.54 Å². The van der Waals surface area contributed by atoms with Crippen molar-refractivity contribution in [3.8, 4) is 0 Å². The summed E-state index contributed by atoms with van der Waals surface area (Å²) in [5.74, 6) is 0.00518. The normalized spacial score (nSPS) is 18.8. The van der Waals surface area contributed by atoms with Crippen molar-refractivity contribution in [1.29, 1.82) is 0 Å². The Bertz CT molecular complexity index is 1500. The van der Waals surface area contributed by atoms with Crippen molar-refractivity contribution >= 4 is 11.3 Å². The smallest absolute Gasteiger partial charge is 0.135 e. The van der Waals surface area contributed by atoms with E-state index < -0.39 is 5.67 Å². The summed E-state index contributed by atoms with van der Waals surface area (Å²) in [5, 5.41) is 7.05. The van der Waals surface area contributed by atoms with E-state index in [1.165, 1.54) is 5.57 Å². The van der Waals surface area contributed by atoms with Gasteiger partial charge in [-0.3, -0.25) is 0 Å². The van der Waals surface area contributed by atoms with Crippen LogP contribution in [0.15, 0.2) is 84.3 Å². The Labute approximate surface area is 285 Å². The van der Waals surface area contributed by atoms with Gasteiger partial charge in [0.25, 0.3) is 0 Å². The van der Waals surface area contributed by atoms with Crippen LogP contribution in [0, 0.1) is 24.6 Å². The van der Waals surface area contributed by atoms with E-state index in [0.717, 1.165) is 120 Å². The molecule has 0 saturated carbocycles. The van der Waals surface area contributed by atoms with Gasteiger partial charge in [-0.1, -0.05) is 84.0 Å². The van der Waals surface area contributed by atoms with Gasteiger partial charge in [0.05, 0.1) is 0 Å². The lowest BCUT2D eigenvalue weighted by Crippen LogP contribution is -2.23. The highest BCUT2D eigenvalue weighted by Crippen LogP contribution is 2.40. The summed E-state index contributed by atoms with van der Waals surface area (Å²) in [6, 6.07) is 9.90. The van der Waals surface area contributed by atoms with Gasteiger partial charge < -0.3 is 10.6 Å². The van der Waals surface area contributed by atoms with E-state index in [9.17, 15) is 0 Å². The molecule has 47 heavy (non-hydrogen) atoms. The van der Waals surface area contributed by atoms with Crippen molar-refractivity contribution in [2.24, 2.45) is 11.8 Å². The van der Waals surface area contributed by atoms with Crippen LogP contribution in [0.1, 0.15) is 121 Å². The Balaban J connectivity index is 2.05. The molecule has 0 heterocycles. The van der Waals surface area contributed by atoms with Crippen molar-refractivity contribution in [2.75, 3.05) is 11.9 Å². The second kappa shape index (κ2) is 17.1. The van der Waals surface area contributed by atoms with Crippen LogP contribution in [0.5, 0.6) is 0 Å². The number of nitrogens with one attached hydrogen (secondary N) is 2. The zero-order valence-corrected chi connectivity index (χ0v) is 30.6. The molecule has 1 aliphatic carbocycles. The molecule has 1 aliphatic rings. The van der Waals surface area contributed by atoms with Crippen LogP contribution in [0.2, 0.25) is 0 Å². The standard InChI is InChI=1S/C43H60F2N2/c1-12-15-19-34-21-22-36(32(9)42(34)44)26-35-20-17-16-18-29(6)41(31(35)8)33(10)47-40-24-23-37(43(11,45)28(4)5)27-39(40)30(7)25-38(13-2)46-14-3/h21-25,27-28,35,46-47H,6-7,10,12-20,26H2,1-5,8-9,11H3/b38-25-,41-31+. The molecule has 2 unspecified atom stereocenters. The molecule has 0 aliphatic heterocycles. The maximum absolute atomic E-state index is 15.9. The Hall–Kier alpha value is -3.40. The second-order valence-electron chi connectivity index (χ2n) is 13.9. The highest BCUT2D eigenvalue weighted by molar-refractivity contribution is 5.83. The predicted molar refractivity (Wildman–Crippen MR) is 201 cm³/mol. The van der Waals surface area contributed by atoms with Crippen molar-refractivity contribution in [3.05, 3.63) is 118 Å². The van der Waals surface area contributed by atoms with Gasteiger partial charge in [0.2, 0.25) is 0 Å². The third-order valence-corrected chi connectivity index (χ3v) is 10.2. The van der Waals surface area contributed by atoms with E-state index in [-0.39, 0.29) is 17.7 Å². The zero-order valence-electron chi connectivity index (χ0n) is 30.6. The van der Waals surface area contributed by atoms with Gasteiger partial charge in [0.1, 0.15) is 11.5 Å². The Kier molecular flexibility index (Phi) is 13.9. The number of hydrogen-bond acceptors (Lipinski definition) is 2. The molecule has 2 atom stereocenters. The highest BCUT2D eigenvalue weighted by atomic mass is 19.1. The van der Waals surface area contributed by atoms with Gasteiger partial charge in [-0.05, 0) is 142 Å². The van der Waals surface area contributed by atoms with Crippen molar-refractivity contribution in [3.63, 3.8) is 0 Å². The van der Waals surface area contributed by atoms with Crippen molar-refractivity contribution < 1.29 is 8.78 Å². The van der Waals surface area contributed by atoms with Gasteiger partial charge in [-0.2, -0.15) is 0 Å². The number of benzene rings is 2. The maximum atomic E-state index is 15.9. The van der Waals surface area contributed by atoms with Gasteiger partial charge in [0, 0.05) is 29.2 Å². The van der Waals surface area contributed by atoms with Gasteiger partial charge in [-0.25, -0.2) is 8.78 Å². The molecular formula is C43H60F2N2. The number of hydrogen-bond donors (Lipinski definition) is 2. The van der Waals surface area contributed by atoms with E-state index in [4.69, 9.17) is 0 Å². The average Bonchev–Trinajstić information content (AvgIpc) is 3.03. The molecule has 0 fully saturated rings. The topological polar surface area (TPSA) is 24.1 Å². The van der Waals surface area contributed by atoms with Crippen LogP contribution in [0.4, 0.5) is 14.5 Å². The molecule has 256 valence electrons. The first kappa shape index (κ1) is 38.1. The zero-order chi connectivity index (χ0) is 34.9. The summed E-state index contributed by atoms with van der Waals surface area (Å²) in [4.78, 5) is 0. The maximum Gasteiger partial charge on any atom is 0.135 e. The van der Waals surface area contributed by atoms with Gasteiger partial charge in [-0.15, -0.1) is 0 Å². The first-order valence-corrected chi connectivity index (χ1v) is 17.9. The summed E-state index contributed by atoms with van der Waals surface area (Å²) in [5.41, 5.74) is 9.50. The SMILES string of the molecule is C=C1CCCCC(Cc2ccc(CCCC)c(F)c2C)/C(C)=C\1C(=C)Nc1ccc(C(C)(F)C(C)C)cc1C(=C)/C=C(/CC)NCC. The molecule has 0 saturated heterocycles. The van der Waals surface area contributed by atoms with Gasteiger partial charge >= 0.3 is 0 Å². The Morgan fingerprint density at radius 2 is 1.77 bits per heavy atom. The van der Waals surface area contributed by atoms with E-state index >= 15 is 8.78 Å². The van der Waals surface area contributed by atoms with E-state index in [1.54, 1.807) is 6.92 Å². The minimum absolute atomic E-state index is 0.0494. The minimum atomic E-state index is -1.49. The summed E-state index contributed by atoms with van der Waals surface area (Å²) in [6.07, 6.45) is 10.6. The lowest BCUT2D eigenvalue weighted by molar-refractivity contribution is 0.123. The van der Waals surface area contributed by atoms with Crippen LogP contribution in [0.3, 0.4) is 0 Å². The first-order valence-electron chi connectivity index (χ1n) is 17.9. The molecule has 2 nitrogen and oxygen atoms in total. The van der Waals surface area contributed by atoms with E-state index in [1.807, 2.05) is 45.0 Å². The van der Waals surface area contributed by atoms with Crippen molar-refractivity contribution in [1.82, 2.24) is 5.32 Å². The molecule has 2 N–H and O–H groups in total. The quantitative estimate of drug-likeness (QED) is 0.189. The summed E-state index contributed by atoms with van der Waals surface area (Å²) in [6.45, 7) is 30.2. The highest BCUT2D eigenvalue weighted by Gasteiger charge is 2.31. The lowest BCUT2D eigenvalue weighted by Gasteiger charge is -2.29. The number of anilines is 1. The molecule has 0 radical (unpaired) electrons. The monoisotopic (exact) mass is 642 g/mol. The number of allylic oxidation sites excluding steroid dienone is 5. The summed E-state index contributed by atoms with van der Waals surface area (Å²) < 4.78 is 31.3. The third-order valence-electron chi connectivity index (χ3n) is 10.2. The van der Waals surface area contributed by atoms with Crippen LogP contribution in [0.25, 0.3) is 5.57 Å². The molecule has 4 heteroatoms. The summed E-state index contributed by atoms with van der Waals surface area (Å²) in [7, 11) is 0. The molecule has 2 aromatic rings. The largest absolute Gasteiger partial charge is 0.389 e. The first-order chi connectivity index (χ1) is 22.3. The fraction of sp³-hybridized carbons (Fsp3) is 0.488. The molecule has 3 rings (SSSR count). The number of alkyl halides is 1. The minimum Gasteiger partial charge on any atom is -0.389 e. The molecular weight excluding hydrogens is 582 g/mol. The third kappa shape index (κ3) is 9.36. The summed E-state index contributed by atoms with van der Waals surface area (Å²) >= 11 is 0. The molecule has 0 amide bonds. The fourth-order valence-electron chi connectivity index (χ4n) is 6.66. The van der Waals surface area contributed by atoms with E-state index in [2.05, 4.69) is 70.2 Å². The number of aryl methyl sites for hydroxylation is 1. The van der Waals surface area contributed by atoms with Gasteiger partial charge in [0.15, 0.2) is 0 Å². The molecule has 0 spiro atoms. The molecule has 2 aromatic carbocycles.